The van der Waals surface area contributed by atoms with Crippen molar-refractivity contribution in [3.8, 4) is 0 Å². The summed E-state index contributed by atoms with van der Waals surface area (Å²) in [5.41, 5.74) is 1.12. The highest BCUT2D eigenvalue weighted by molar-refractivity contribution is 6.33. The second-order valence-electron chi connectivity index (χ2n) is 5.16. The Labute approximate surface area is 138 Å². The van der Waals surface area contributed by atoms with E-state index in [1.165, 1.54) is 18.2 Å². The van der Waals surface area contributed by atoms with E-state index in [0.717, 1.165) is 24.8 Å². The molecule has 1 amide bonds. The number of nitrogens with zero attached hydrogens (tertiary/aromatic N) is 3. The number of hydrogen-bond donors (Lipinski definition) is 1. The lowest BCUT2D eigenvalue weighted by Gasteiger charge is -2.06. The molecule has 0 saturated carbocycles. The number of non-ortho nitro benzene ring substituents is 1. The number of nitro groups is 1. The predicted octanol–water partition coefficient (Wildman–Crippen LogP) is 2.73. The summed E-state index contributed by atoms with van der Waals surface area (Å²) in [5, 5.41) is 17.8. The molecule has 1 heterocycles. The van der Waals surface area contributed by atoms with Crippen molar-refractivity contribution in [2.45, 2.75) is 19.3 Å². The number of benzene rings is 1. The first-order valence-corrected chi connectivity index (χ1v) is 7.55. The van der Waals surface area contributed by atoms with Crippen LogP contribution in [0.1, 0.15) is 28.8 Å². The van der Waals surface area contributed by atoms with E-state index in [9.17, 15) is 14.9 Å². The van der Waals surface area contributed by atoms with Crippen LogP contribution < -0.4 is 5.32 Å². The molecule has 23 heavy (non-hydrogen) atoms. The van der Waals surface area contributed by atoms with Crippen molar-refractivity contribution < 1.29 is 9.72 Å². The molecule has 0 saturated heterocycles. The SMILES string of the molecule is Cn1cc(CCCCNC(=O)c2cc([N+](=O)[O-])ccc2Cl)cn1. The van der Waals surface area contributed by atoms with E-state index in [0.29, 0.717) is 6.54 Å². The molecule has 0 aliphatic heterocycles. The van der Waals surface area contributed by atoms with Crippen molar-refractivity contribution in [3.63, 3.8) is 0 Å². The molecule has 0 bridgehead atoms. The van der Waals surface area contributed by atoms with Gasteiger partial charge in [-0.1, -0.05) is 11.6 Å². The number of aryl methyl sites for hydroxylation is 2. The molecule has 2 rings (SSSR count). The molecular weight excluding hydrogens is 320 g/mol. The summed E-state index contributed by atoms with van der Waals surface area (Å²) in [4.78, 5) is 22.2. The molecule has 0 atom stereocenters. The van der Waals surface area contributed by atoms with Gasteiger partial charge in [-0.15, -0.1) is 0 Å². The van der Waals surface area contributed by atoms with Crippen molar-refractivity contribution >= 4 is 23.2 Å². The Balaban J connectivity index is 1.80. The van der Waals surface area contributed by atoms with Crippen LogP contribution in [-0.2, 0) is 13.5 Å². The normalized spacial score (nSPS) is 10.5. The second kappa shape index (κ2) is 7.73. The quantitative estimate of drug-likeness (QED) is 0.478. The number of aromatic nitrogens is 2. The van der Waals surface area contributed by atoms with Crippen molar-refractivity contribution in [3.05, 3.63) is 56.9 Å². The average Bonchev–Trinajstić information content (AvgIpc) is 2.92. The summed E-state index contributed by atoms with van der Waals surface area (Å²) in [6, 6.07) is 3.82. The molecule has 0 aliphatic carbocycles. The van der Waals surface area contributed by atoms with Crippen molar-refractivity contribution in [2.75, 3.05) is 6.54 Å². The van der Waals surface area contributed by atoms with Crippen LogP contribution in [0.4, 0.5) is 5.69 Å². The summed E-state index contributed by atoms with van der Waals surface area (Å²) >= 11 is 5.93. The standard InChI is InChI=1S/C15H17ClN4O3/c1-19-10-11(9-18-19)4-2-3-7-17-15(21)13-8-12(20(22)23)5-6-14(13)16/h5-6,8-10H,2-4,7H2,1H3,(H,17,21). The number of nitro benzene ring substituents is 1. The smallest absolute Gasteiger partial charge is 0.270 e. The molecule has 0 fully saturated rings. The van der Waals surface area contributed by atoms with Crippen LogP contribution in [0.25, 0.3) is 0 Å². The lowest BCUT2D eigenvalue weighted by molar-refractivity contribution is -0.384. The third-order valence-electron chi connectivity index (χ3n) is 3.34. The Morgan fingerprint density at radius 3 is 2.87 bits per heavy atom. The lowest BCUT2D eigenvalue weighted by Crippen LogP contribution is -2.24. The Hall–Kier alpha value is -2.41. The molecule has 2 aromatic rings. The van der Waals surface area contributed by atoms with Crippen LogP contribution in [0, 0.1) is 10.1 Å². The highest BCUT2D eigenvalue weighted by atomic mass is 35.5. The van der Waals surface area contributed by atoms with Gasteiger partial charge in [0.05, 0.1) is 21.7 Å². The second-order valence-corrected chi connectivity index (χ2v) is 5.56. The third-order valence-corrected chi connectivity index (χ3v) is 3.67. The zero-order valence-electron chi connectivity index (χ0n) is 12.7. The summed E-state index contributed by atoms with van der Waals surface area (Å²) in [7, 11) is 1.87. The van der Waals surface area contributed by atoms with Crippen LogP contribution >= 0.6 is 11.6 Å². The van der Waals surface area contributed by atoms with Gasteiger partial charge in [0.15, 0.2) is 0 Å². The van der Waals surface area contributed by atoms with Gasteiger partial charge in [-0.05, 0) is 30.9 Å². The molecule has 0 spiro atoms. The number of unbranched alkanes of at least 4 members (excludes halogenated alkanes) is 1. The van der Waals surface area contributed by atoms with Gasteiger partial charge < -0.3 is 5.32 Å². The monoisotopic (exact) mass is 336 g/mol. The molecule has 0 radical (unpaired) electrons. The van der Waals surface area contributed by atoms with Crippen molar-refractivity contribution in [1.82, 2.24) is 15.1 Å². The zero-order chi connectivity index (χ0) is 16.8. The van der Waals surface area contributed by atoms with E-state index in [-0.39, 0.29) is 16.3 Å². The van der Waals surface area contributed by atoms with Crippen LogP contribution in [0.15, 0.2) is 30.6 Å². The number of halogens is 1. The number of carbonyl (C=O) groups excluding carboxylic acids is 1. The molecule has 8 heteroatoms. The Morgan fingerprint density at radius 1 is 1.43 bits per heavy atom. The first-order chi connectivity index (χ1) is 11.0. The molecule has 1 aromatic heterocycles. The maximum atomic E-state index is 12.0. The average molecular weight is 337 g/mol. The molecule has 1 N–H and O–H groups in total. The van der Waals surface area contributed by atoms with Gasteiger partial charge in [0, 0.05) is 31.9 Å². The van der Waals surface area contributed by atoms with Crippen LogP contribution in [-0.4, -0.2) is 27.2 Å². The van der Waals surface area contributed by atoms with E-state index in [1.54, 1.807) is 4.68 Å². The highest BCUT2D eigenvalue weighted by Crippen LogP contribution is 2.21. The first-order valence-electron chi connectivity index (χ1n) is 7.17. The van der Waals surface area contributed by atoms with E-state index < -0.39 is 10.8 Å². The van der Waals surface area contributed by atoms with E-state index in [2.05, 4.69) is 10.4 Å². The zero-order valence-corrected chi connectivity index (χ0v) is 13.4. The summed E-state index contributed by atoms with van der Waals surface area (Å²) in [6.07, 6.45) is 6.38. The topological polar surface area (TPSA) is 90.1 Å². The molecule has 0 unspecified atom stereocenters. The van der Waals surface area contributed by atoms with Gasteiger partial charge in [-0.2, -0.15) is 5.10 Å². The van der Waals surface area contributed by atoms with Gasteiger partial charge in [-0.3, -0.25) is 19.6 Å². The lowest BCUT2D eigenvalue weighted by atomic mass is 10.1. The number of carbonyl (C=O) groups is 1. The largest absolute Gasteiger partial charge is 0.352 e. The Morgan fingerprint density at radius 2 is 2.22 bits per heavy atom. The fraction of sp³-hybridized carbons (Fsp3) is 0.333. The van der Waals surface area contributed by atoms with Crippen molar-refractivity contribution in [1.29, 1.82) is 0 Å². The highest BCUT2D eigenvalue weighted by Gasteiger charge is 2.15. The van der Waals surface area contributed by atoms with E-state index in [4.69, 9.17) is 11.6 Å². The number of nitrogens with one attached hydrogen (secondary N) is 1. The number of hydrogen-bond acceptors (Lipinski definition) is 4. The fourth-order valence-corrected chi connectivity index (χ4v) is 2.36. The molecule has 122 valence electrons. The van der Waals surface area contributed by atoms with Gasteiger partial charge in [0.25, 0.3) is 11.6 Å². The minimum absolute atomic E-state index is 0.119. The third kappa shape index (κ3) is 4.79. The van der Waals surface area contributed by atoms with Gasteiger partial charge >= 0.3 is 0 Å². The van der Waals surface area contributed by atoms with Crippen LogP contribution in [0.2, 0.25) is 5.02 Å². The van der Waals surface area contributed by atoms with Crippen LogP contribution in [0.5, 0.6) is 0 Å². The predicted molar refractivity (Wildman–Crippen MR) is 86.6 cm³/mol. The first kappa shape index (κ1) is 17.0. The maximum Gasteiger partial charge on any atom is 0.270 e. The van der Waals surface area contributed by atoms with Gasteiger partial charge in [0.1, 0.15) is 0 Å². The maximum absolute atomic E-state index is 12.0. The Bertz CT molecular complexity index is 714. The summed E-state index contributed by atoms with van der Waals surface area (Å²) in [5.74, 6) is -0.403. The van der Waals surface area contributed by atoms with E-state index >= 15 is 0 Å². The Kier molecular flexibility index (Phi) is 5.70. The minimum atomic E-state index is -0.555. The van der Waals surface area contributed by atoms with E-state index in [1.807, 2.05) is 19.4 Å². The minimum Gasteiger partial charge on any atom is -0.352 e. The number of rotatable bonds is 7. The molecule has 7 nitrogen and oxygen atoms in total. The molecule has 0 aliphatic rings. The van der Waals surface area contributed by atoms with Crippen molar-refractivity contribution in [2.24, 2.45) is 7.05 Å². The van der Waals surface area contributed by atoms with Crippen LogP contribution in [0.3, 0.4) is 0 Å². The fourth-order valence-electron chi connectivity index (χ4n) is 2.15. The molecule has 1 aromatic carbocycles. The summed E-state index contributed by atoms with van der Waals surface area (Å²) in [6.45, 7) is 0.484. The molecular formula is C15H17ClN4O3. The van der Waals surface area contributed by atoms with Gasteiger partial charge in [-0.25, -0.2) is 0 Å². The summed E-state index contributed by atoms with van der Waals surface area (Å²) < 4.78 is 1.75. The number of amides is 1. The van der Waals surface area contributed by atoms with Gasteiger partial charge in [0.2, 0.25) is 0 Å².